The number of amides is 1. The fraction of sp³-hybridized carbons (Fsp3) is 0.320. The zero-order valence-electron chi connectivity index (χ0n) is 18.5. The van der Waals surface area contributed by atoms with Crippen LogP contribution in [0.1, 0.15) is 32.9 Å². The van der Waals surface area contributed by atoms with E-state index in [1.165, 1.54) is 6.07 Å². The normalized spacial score (nSPS) is 11.2. The first-order valence-electron chi connectivity index (χ1n) is 10.3. The van der Waals surface area contributed by atoms with Crippen LogP contribution >= 0.6 is 0 Å². The Hall–Kier alpha value is -2.99. The minimum absolute atomic E-state index is 0.0705. The van der Waals surface area contributed by atoms with Crippen LogP contribution in [-0.4, -0.2) is 47.5 Å². The van der Waals surface area contributed by atoms with E-state index >= 15 is 0 Å². The van der Waals surface area contributed by atoms with Gasteiger partial charge in [-0.25, -0.2) is 8.78 Å². The highest BCUT2D eigenvalue weighted by Crippen LogP contribution is 2.21. The molecule has 1 heterocycles. The van der Waals surface area contributed by atoms with Crippen molar-refractivity contribution in [2.24, 2.45) is 0 Å². The van der Waals surface area contributed by atoms with Crippen LogP contribution in [0.5, 0.6) is 0 Å². The first-order chi connectivity index (χ1) is 14.8. The molecule has 164 valence electrons. The van der Waals surface area contributed by atoms with E-state index in [-0.39, 0.29) is 5.91 Å². The molecule has 0 saturated heterocycles. The Morgan fingerprint density at radius 3 is 2.26 bits per heavy atom. The molecule has 0 atom stereocenters. The molecule has 1 aromatic heterocycles. The number of nitrogens with zero attached hydrogens (tertiary/aromatic N) is 3. The fourth-order valence-corrected chi connectivity index (χ4v) is 3.68. The molecule has 2 aromatic carbocycles. The summed E-state index contributed by atoms with van der Waals surface area (Å²) in [6, 6.07) is 15.7. The third-order valence-corrected chi connectivity index (χ3v) is 5.34. The van der Waals surface area contributed by atoms with Gasteiger partial charge in [0.2, 0.25) is 0 Å². The zero-order chi connectivity index (χ0) is 22.5. The zero-order valence-corrected chi connectivity index (χ0v) is 18.5. The Bertz CT molecular complexity index is 1040. The van der Waals surface area contributed by atoms with Gasteiger partial charge >= 0.3 is 0 Å². The van der Waals surface area contributed by atoms with Gasteiger partial charge in [-0.05, 0) is 62.8 Å². The molecule has 0 radical (unpaired) electrons. The van der Waals surface area contributed by atoms with Gasteiger partial charge in [-0.15, -0.1) is 0 Å². The maximum absolute atomic E-state index is 13.7. The number of hydrogen-bond acceptors (Lipinski definition) is 2. The number of rotatable bonds is 8. The van der Waals surface area contributed by atoms with Gasteiger partial charge in [-0.2, -0.15) is 0 Å². The fourth-order valence-electron chi connectivity index (χ4n) is 3.68. The second-order valence-corrected chi connectivity index (χ2v) is 8.17. The topological polar surface area (TPSA) is 28.5 Å². The van der Waals surface area contributed by atoms with Crippen molar-refractivity contribution in [3.63, 3.8) is 0 Å². The van der Waals surface area contributed by atoms with Crippen LogP contribution in [0.3, 0.4) is 0 Å². The summed E-state index contributed by atoms with van der Waals surface area (Å²) in [6.07, 6.45) is 0. The third-order valence-electron chi connectivity index (χ3n) is 5.34. The van der Waals surface area contributed by atoms with Crippen molar-refractivity contribution in [1.29, 1.82) is 0 Å². The second kappa shape index (κ2) is 9.88. The Labute approximate surface area is 182 Å². The van der Waals surface area contributed by atoms with Crippen molar-refractivity contribution >= 4 is 5.91 Å². The summed E-state index contributed by atoms with van der Waals surface area (Å²) in [5, 5.41) is 0. The molecule has 31 heavy (non-hydrogen) atoms. The molecular formula is C25H29F2N3O. The molecule has 3 aromatic rings. The van der Waals surface area contributed by atoms with E-state index in [0.29, 0.717) is 30.9 Å². The molecule has 0 saturated carbocycles. The average molecular weight is 426 g/mol. The number of hydrogen-bond donors (Lipinski definition) is 0. The van der Waals surface area contributed by atoms with E-state index in [1.807, 2.05) is 78.7 Å². The Balaban J connectivity index is 1.93. The van der Waals surface area contributed by atoms with Crippen LogP contribution in [-0.2, 0) is 13.1 Å². The van der Waals surface area contributed by atoms with E-state index in [9.17, 15) is 13.6 Å². The van der Waals surface area contributed by atoms with Crippen LogP contribution < -0.4 is 0 Å². The highest BCUT2D eigenvalue weighted by Gasteiger charge is 2.23. The molecule has 0 fully saturated rings. The molecule has 0 spiro atoms. The van der Waals surface area contributed by atoms with Crippen LogP contribution in [0.25, 0.3) is 0 Å². The number of carbonyl (C=O) groups is 1. The van der Waals surface area contributed by atoms with E-state index in [2.05, 4.69) is 0 Å². The lowest BCUT2D eigenvalue weighted by atomic mass is 10.1. The molecule has 4 nitrogen and oxygen atoms in total. The molecule has 0 bridgehead atoms. The Morgan fingerprint density at radius 2 is 1.61 bits per heavy atom. The Morgan fingerprint density at radius 1 is 0.903 bits per heavy atom. The van der Waals surface area contributed by atoms with Crippen molar-refractivity contribution in [3.05, 3.63) is 94.3 Å². The van der Waals surface area contributed by atoms with Crippen LogP contribution in [0.15, 0.2) is 54.6 Å². The number of carbonyl (C=O) groups excluding carboxylic acids is 1. The maximum Gasteiger partial charge on any atom is 0.271 e. The molecule has 6 heteroatoms. The second-order valence-electron chi connectivity index (χ2n) is 8.17. The SMILES string of the molecule is Cc1cc(C)n(Cc2ccc(F)c(F)c2)c1C(=O)N(CCN(C)C)Cc1ccccc1. The van der Waals surface area contributed by atoms with Crippen molar-refractivity contribution in [2.75, 3.05) is 27.2 Å². The van der Waals surface area contributed by atoms with Gasteiger partial charge in [0, 0.05) is 31.9 Å². The smallest absolute Gasteiger partial charge is 0.271 e. The average Bonchev–Trinajstić information content (AvgIpc) is 3.01. The largest absolute Gasteiger partial charge is 0.336 e. The molecule has 1 amide bonds. The first-order valence-corrected chi connectivity index (χ1v) is 10.3. The number of aryl methyl sites for hydroxylation is 2. The number of benzene rings is 2. The summed E-state index contributed by atoms with van der Waals surface area (Å²) in [6.45, 7) is 5.95. The lowest BCUT2D eigenvalue weighted by molar-refractivity contribution is 0.0720. The molecule has 0 aliphatic rings. The minimum atomic E-state index is -0.886. The summed E-state index contributed by atoms with van der Waals surface area (Å²) in [7, 11) is 3.96. The van der Waals surface area contributed by atoms with E-state index in [0.717, 1.165) is 29.4 Å². The predicted octanol–water partition coefficient (Wildman–Crippen LogP) is 4.64. The molecule has 3 rings (SSSR count). The van der Waals surface area contributed by atoms with E-state index < -0.39 is 11.6 Å². The monoisotopic (exact) mass is 425 g/mol. The van der Waals surface area contributed by atoms with Crippen molar-refractivity contribution in [3.8, 4) is 0 Å². The highest BCUT2D eigenvalue weighted by atomic mass is 19.2. The first kappa shape index (κ1) is 22.7. The van der Waals surface area contributed by atoms with Gasteiger partial charge in [0.15, 0.2) is 11.6 Å². The summed E-state index contributed by atoms with van der Waals surface area (Å²) in [5.74, 6) is -1.83. The van der Waals surface area contributed by atoms with Gasteiger partial charge < -0.3 is 14.4 Å². The lowest BCUT2D eigenvalue weighted by Gasteiger charge is -2.26. The van der Waals surface area contributed by atoms with Gasteiger partial charge in [0.25, 0.3) is 5.91 Å². The van der Waals surface area contributed by atoms with Crippen molar-refractivity contribution in [2.45, 2.75) is 26.9 Å². The summed E-state index contributed by atoms with van der Waals surface area (Å²) in [5.41, 5.74) is 4.01. The molecule has 0 N–H and O–H groups in total. The molecule has 0 aliphatic heterocycles. The van der Waals surface area contributed by atoms with Crippen LogP contribution in [0, 0.1) is 25.5 Å². The minimum Gasteiger partial charge on any atom is -0.336 e. The number of likely N-dealkylation sites (N-methyl/N-ethyl adjacent to an activating group) is 1. The Kier molecular flexibility index (Phi) is 7.23. The summed E-state index contributed by atoms with van der Waals surface area (Å²) < 4.78 is 29.0. The van der Waals surface area contributed by atoms with Crippen molar-refractivity contribution < 1.29 is 13.6 Å². The summed E-state index contributed by atoms with van der Waals surface area (Å²) >= 11 is 0. The molecule has 0 unspecified atom stereocenters. The number of halogens is 2. The van der Waals surface area contributed by atoms with Gasteiger partial charge in [-0.1, -0.05) is 36.4 Å². The van der Waals surface area contributed by atoms with Gasteiger partial charge in [0.05, 0.1) is 0 Å². The summed E-state index contributed by atoms with van der Waals surface area (Å²) in [4.78, 5) is 17.6. The quantitative estimate of drug-likeness (QED) is 0.526. The van der Waals surface area contributed by atoms with E-state index in [4.69, 9.17) is 0 Å². The standard InChI is InChI=1S/C25H29F2N3O/c1-18-14-19(2)30(17-21-10-11-22(26)23(27)15-21)24(18)25(31)29(13-12-28(3)4)16-20-8-6-5-7-9-20/h5-11,14-15H,12-13,16-17H2,1-4H3. The predicted molar refractivity (Wildman–Crippen MR) is 119 cm³/mol. The number of aromatic nitrogens is 1. The highest BCUT2D eigenvalue weighted by molar-refractivity contribution is 5.94. The van der Waals surface area contributed by atoms with Gasteiger partial charge in [0.1, 0.15) is 5.69 Å². The van der Waals surface area contributed by atoms with Crippen molar-refractivity contribution in [1.82, 2.24) is 14.4 Å². The maximum atomic E-state index is 13.7. The third kappa shape index (κ3) is 5.58. The lowest BCUT2D eigenvalue weighted by Crippen LogP contribution is -2.37. The molecular weight excluding hydrogens is 396 g/mol. The van der Waals surface area contributed by atoms with Gasteiger partial charge in [-0.3, -0.25) is 4.79 Å². The molecule has 0 aliphatic carbocycles. The van der Waals surface area contributed by atoms with E-state index in [1.54, 1.807) is 6.07 Å². The van der Waals surface area contributed by atoms with Crippen LogP contribution in [0.4, 0.5) is 8.78 Å². The van der Waals surface area contributed by atoms with Crippen LogP contribution in [0.2, 0.25) is 0 Å².